The molecule has 0 saturated heterocycles. The number of aromatic nitrogens is 2. The first kappa shape index (κ1) is 10.4. The van der Waals surface area contributed by atoms with E-state index in [0.29, 0.717) is 11.8 Å². The summed E-state index contributed by atoms with van der Waals surface area (Å²) >= 11 is 3.45. The van der Waals surface area contributed by atoms with Crippen LogP contribution in [0.25, 0.3) is 11.5 Å². The lowest BCUT2D eigenvalue weighted by Gasteiger charge is -1.99. The first-order valence-electron chi connectivity index (χ1n) is 4.79. The summed E-state index contributed by atoms with van der Waals surface area (Å²) in [6.07, 6.45) is 0.766. The Hall–Kier alpha value is -1.16. The maximum Gasteiger partial charge on any atom is 0.247 e. The van der Waals surface area contributed by atoms with Crippen molar-refractivity contribution in [3.05, 3.63) is 34.1 Å². The monoisotopic (exact) mass is 266 g/mol. The molecule has 0 aliphatic rings. The Labute approximate surface area is 96.7 Å². The van der Waals surface area contributed by atoms with Gasteiger partial charge in [0, 0.05) is 16.5 Å². The molecule has 1 aromatic carbocycles. The average Bonchev–Trinajstić information content (AvgIpc) is 2.70. The zero-order valence-corrected chi connectivity index (χ0v) is 10.2. The Morgan fingerprint density at radius 3 is 2.73 bits per heavy atom. The molecule has 0 bridgehead atoms. The highest BCUT2D eigenvalue weighted by molar-refractivity contribution is 9.10. The summed E-state index contributed by atoms with van der Waals surface area (Å²) in [7, 11) is 0. The molecule has 0 saturated carbocycles. The largest absolute Gasteiger partial charge is 0.421 e. The van der Waals surface area contributed by atoms with E-state index >= 15 is 0 Å². The highest BCUT2D eigenvalue weighted by Gasteiger charge is 2.07. The first-order chi connectivity index (χ1) is 7.20. The van der Waals surface area contributed by atoms with E-state index in [1.807, 2.05) is 32.0 Å². The fraction of sp³-hybridized carbons (Fsp3) is 0.273. The maximum atomic E-state index is 5.48. The van der Waals surface area contributed by atoms with E-state index in [0.717, 1.165) is 22.0 Å². The van der Waals surface area contributed by atoms with Gasteiger partial charge in [-0.2, -0.15) is 0 Å². The summed E-state index contributed by atoms with van der Waals surface area (Å²) in [5, 5.41) is 7.93. The molecule has 78 valence electrons. The highest BCUT2D eigenvalue weighted by Crippen LogP contribution is 2.24. The van der Waals surface area contributed by atoms with Gasteiger partial charge in [0.1, 0.15) is 0 Å². The van der Waals surface area contributed by atoms with Crippen LogP contribution in [-0.4, -0.2) is 10.2 Å². The lowest BCUT2D eigenvalue weighted by Crippen LogP contribution is -1.81. The Morgan fingerprint density at radius 1 is 1.33 bits per heavy atom. The topological polar surface area (TPSA) is 38.9 Å². The van der Waals surface area contributed by atoms with Crippen LogP contribution in [-0.2, 0) is 6.42 Å². The third-order valence-electron chi connectivity index (χ3n) is 2.17. The molecule has 0 unspecified atom stereocenters. The second-order valence-electron chi connectivity index (χ2n) is 3.32. The van der Waals surface area contributed by atoms with Crippen LogP contribution in [0.3, 0.4) is 0 Å². The number of aryl methyl sites for hydroxylation is 2. The second kappa shape index (κ2) is 4.14. The number of hydrogen-bond donors (Lipinski definition) is 0. The van der Waals surface area contributed by atoms with Gasteiger partial charge in [-0.3, -0.25) is 0 Å². The van der Waals surface area contributed by atoms with Crippen molar-refractivity contribution in [2.75, 3.05) is 0 Å². The van der Waals surface area contributed by atoms with E-state index in [2.05, 4.69) is 26.1 Å². The Bertz CT molecular complexity index is 479. The molecule has 0 amide bonds. The smallest absolute Gasteiger partial charge is 0.247 e. The van der Waals surface area contributed by atoms with E-state index in [1.165, 1.54) is 0 Å². The minimum Gasteiger partial charge on any atom is -0.421 e. The van der Waals surface area contributed by atoms with Crippen molar-refractivity contribution >= 4 is 15.9 Å². The van der Waals surface area contributed by atoms with Gasteiger partial charge < -0.3 is 4.42 Å². The van der Waals surface area contributed by atoms with Crippen molar-refractivity contribution in [2.24, 2.45) is 0 Å². The fourth-order valence-electron chi connectivity index (χ4n) is 1.29. The highest BCUT2D eigenvalue weighted by atomic mass is 79.9. The summed E-state index contributed by atoms with van der Waals surface area (Å²) in [6, 6.07) is 5.97. The lowest BCUT2D eigenvalue weighted by molar-refractivity contribution is 0.513. The van der Waals surface area contributed by atoms with Crippen molar-refractivity contribution in [3.8, 4) is 11.5 Å². The van der Waals surface area contributed by atoms with Gasteiger partial charge in [0.2, 0.25) is 11.8 Å². The Balaban J connectivity index is 2.40. The fourth-order valence-corrected chi connectivity index (χ4v) is 1.54. The van der Waals surface area contributed by atoms with E-state index in [-0.39, 0.29) is 0 Å². The van der Waals surface area contributed by atoms with Crippen LogP contribution in [0.5, 0.6) is 0 Å². The number of halogens is 1. The maximum absolute atomic E-state index is 5.48. The van der Waals surface area contributed by atoms with E-state index < -0.39 is 0 Å². The number of benzene rings is 1. The summed E-state index contributed by atoms with van der Waals surface area (Å²) in [4.78, 5) is 0. The van der Waals surface area contributed by atoms with E-state index in [1.54, 1.807) is 0 Å². The average molecular weight is 267 g/mol. The van der Waals surface area contributed by atoms with Gasteiger partial charge in [0.15, 0.2) is 0 Å². The number of rotatable bonds is 2. The SMILES string of the molecule is CCc1nnc(-c2ccc(Br)c(C)c2)o1. The third kappa shape index (κ3) is 2.09. The quantitative estimate of drug-likeness (QED) is 0.837. The Kier molecular flexibility index (Phi) is 2.86. The normalized spacial score (nSPS) is 10.6. The van der Waals surface area contributed by atoms with Crippen LogP contribution in [0.4, 0.5) is 0 Å². The molecule has 0 spiro atoms. The van der Waals surface area contributed by atoms with Gasteiger partial charge in [-0.25, -0.2) is 0 Å². The molecule has 0 aliphatic carbocycles. The van der Waals surface area contributed by atoms with Gasteiger partial charge in [-0.1, -0.05) is 22.9 Å². The van der Waals surface area contributed by atoms with Crippen LogP contribution in [0, 0.1) is 6.92 Å². The molecule has 1 heterocycles. The zero-order valence-electron chi connectivity index (χ0n) is 8.62. The van der Waals surface area contributed by atoms with Crippen LogP contribution in [0.2, 0.25) is 0 Å². The van der Waals surface area contributed by atoms with Crippen molar-refractivity contribution in [1.29, 1.82) is 0 Å². The molecule has 0 atom stereocenters. The summed E-state index contributed by atoms with van der Waals surface area (Å²) in [5.41, 5.74) is 2.12. The van der Waals surface area contributed by atoms with Crippen molar-refractivity contribution in [3.63, 3.8) is 0 Å². The molecular weight excluding hydrogens is 256 g/mol. The van der Waals surface area contributed by atoms with E-state index in [9.17, 15) is 0 Å². The molecular formula is C11H11BrN2O. The second-order valence-corrected chi connectivity index (χ2v) is 4.17. The summed E-state index contributed by atoms with van der Waals surface area (Å²) < 4.78 is 6.56. The molecule has 0 aliphatic heterocycles. The summed E-state index contributed by atoms with van der Waals surface area (Å²) in [6.45, 7) is 4.02. The van der Waals surface area contributed by atoms with Crippen molar-refractivity contribution in [2.45, 2.75) is 20.3 Å². The molecule has 4 heteroatoms. The van der Waals surface area contributed by atoms with E-state index in [4.69, 9.17) is 4.42 Å². The molecule has 0 radical (unpaired) electrons. The van der Waals surface area contributed by atoms with Crippen molar-refractivity contribution < 1.29 is 4.42 Å². The molecule has 2 rings (SSSR count). The van der Waals surface area contributed by atoms with Gasteiger partial charge in [0.25, 0.3) is 0 Å². The van der Waals surface area contributed by atoms with Gasteiger partial charge in [0.05, 0.1) is 0 Å². The number of nitrogens with zero attached hydrogens (tertiary/aromatic N) is 2. The molecule has 3 nitrogen and oxygen atoms in total. The molecule has 1 aromatic heterocycles. The summed E-state index contributed by atoms with van der Waals surface area (Å²) in [5.74, 6) is 1.26. The molecule has 0 N–H and O–H groups in total. The minimum absolute atomic E-state index is 0.586. The number of hydrogen-bond acceptors (Lipinski definition) is 3. The van der Waals surface area contributed by atoms with Gasteiger partial charge in [-0.15, -0.1) is 10.2 Å². The molecule has 2 aromatic rings. The standard InChI is InChI=1S/C11H11BrN2O/c1-3-10-13-14-11(15-10)8-4-5-9(12)7(2)6-8/h4-6H,3H2,1-2H3. The van der Waals surface area contributed by atoms with Crippen LogP contribution >= 0.6 is 15.9 Å². The van der Waals surface area contributed by atoms with Gasteiger partial charge >= 0.3 is 0 Å². The van der Waals surface area contributed by atoms with Gasteiger partial charge in [-0.05, 0) is 30.7 Å². The molecule has 15 heavy (non-hydrogen) atoms. The first-order valence-corrected chi connectivity index (χ1v) is 5.59. The lowest BCUT2D eigenvalue weighted by atomic mass is 10.1. The Morgan fingerprint density at radius 2 is 2.13 bits per heavy atom. The molecule has 0 fully saturated rings. The zero-order chi connectivity index (χ0) is 10.8. The van der Waals surface area contributed by atoms with Crippen LogP contribution in [0.1, 0.15) is 18.4 Å². The van der Waals surface area contributed by atoms with Crippen LogP contribution in [0.15, 0.2) is 27.1 Å². The predicted octanol–water partition coefficient (Wildman–Crippen LogP) is 3.37. The minimum atomic E-state index is 0.586. The van der Waals surface area contributed by atoms with Crippen LogP contribution < -0.4 is 0 Å². The predicted molar refractivity (Wildman–Crippen MR) is 61.5 cm³/mol. The van der Waals surface area contributed by atoms with Crippen molar-refractivity contribution in [1.82, 2.24) is 10.2 Å². The third-order valence-corrected chi connectivity index (χ3v) is 3.06.